The van der Waals surface area contributed by atoms with Crippen LogP contribution in [0.4, 0.5) is 0 Å². The summed E-state index contributed by atoms with van der Waals surface area (Å²) in [4.78, 5) is 23.2. The van der Waals surface area contributed by atoms with Crippen molar-refractivity contribution in [1.82, 2.24) is 9.71 Å². The first-order chi connectivity index (χ1) is 7.77. The lowest BCUT2D eigenvalue weighted by molar-refractivity contribution is -0.139. The number of carboxylic acid groups (broad SMARTS) is 1. The molecule has 0 fully saturated rings. The van der Waals surface area contributed by atoms with Crippen molar-refractivity contribution < 1.29 is 23.4 Å². The first-order valence-electron chi connectivity index (χ1n) is 4.33. The van der Waals surface area contributed by atoms with Crippen LogP contribution in [-0.2, 0) is 14.8 Å². The lowest BCUT2D eigenvalue weighted by atomic mass is 10.3. The molecule has 0 aromatic carbocycles. The minimum atomic E-state index is -4.13. The fourth-order valence-electron chi connectivity index (χ4n) is 1.05. The number of rotatable bonds is 5. The molecule has 1 rings (SSSR count). The SMILES string of the molecule is Cc1[nH]c(=O)sc1S(=O)(=O)N[C@H](CO)C(=O)O. The number of aromatic amines is 1. The molecular formula is C7H10N2O6S2. The van der Waals surface area contributed by atoms with Gasteiger partial charge in [-0.25, -0.2) is 8.42 Å². The van der Waals surface area contributed by atoms with Crippen molar-refractivity contribution in [2.75, 3.05) is 6.61 Å². The summed E-state index contributed by atoms with van der Waals surface area (Å²) in [6, 6.07) is -1.64. The summed E-state index contributed by atoms with van der Waals surface area (Å²) < 4.78 is 24.9. The molecule has 0 bridgehead atoms. The van der Waals surface area contributed by atoms with Crippen LogP contribution in [0.3, 0.4) is 0 Å². The molecule has 0 radical (unpaired) electrons. The Labute approximate surface area is 100.0 Å². The zero-order chi connectivity index (χ0) is 13.2. The van der Waals surface area contributed by atoms with E-state index < -0.39 is 33.5 Å². The topological polar surface area (TPSA) is 137 Å². The Kier molecular flexibility index (Phi) is 4.03. The molecule has 96 valence electrons. The highest BCUT2D eigenvalue weighted by Gasteiger charge is 2.27. The molecule has 0 aliphatic rings. The van der Waals surface area contributed by atoms with Gasteiger partial charge in [-0.05, 0) is 6.92 Å². The smallest absolute Gasteiger partial charge is 0.324 e. The number of carbonyl (C=O) groups is 1. The van der Waals surface area contributed by atoms with Crippen LogP contribution >= 0.6 is 11.3 Å². The van der Waals surface area contributed by atoms with E-state index in [1.54, 1.807) is 4.72 Å². The van der Waals surface area contributed by atoms with E-state index in [-0.39, 0.29) is 9.90 Å². The molecule has 0 aliphatic carbocycles. The summed E-state index contributed by atoms with van der Waals surface area (Å²) >= 11 is 0.449. The molecule has 1 heterocycles. The third-order valence-corrected chi connectivity index (χ3v) is 4.88. The second-order valence-corrected chi connectivity index (χ2v) is 6.01. The molecule has 1 aromatic heterocycles. The Morgan fingerprint density at radius 3 is 2.53 bits per heavy atom. The maximum Gasteiger partial charge on any atom is 0.324 e. The van der Waals surface area contributed by atoms with Crippen molar-refractivity contribution in [1.29, 1.82) is 0 Å². The summed E-state index contributed by atoms with van der Waals surface area (Å²) in [6.45, 7) is 0.494. The summed E-state index contributed by atoms with van der Waals surface area (Å²) in [5.41, 5.74) is 0.120. The second kappa shape index (κ2) is 4.96. The molecule has 0 spiro atoms. The lowest BCUT2D eigenvalue weighted by Gasteiger charge is -2.11. The van der Waals surface area contributed by atoms with Crippen LogP contribution in [0.5, 0.6) is 0 Å². The first kappa shape index (κ1) is 13.8. The van der Waals surface area contributed by atoms with Crippen molar-refractivity contribution >= 4 is 27.3 Å². The molecule has 1 aromatic rings. The van der Waals surface area contributed by atoms with Gasteiger partial charge >= 0.3 is 10.8 Å². The maximum atomic E-state index is 11.7. The van der Waals surface area contributed by atoms with Crippen molar-refractivity contribution in [3.63, 3.8) is 0 Å². The van der Waals surface area contributed by atoms with E-state index in [2.05, 4.69) is 4.98 Å². The molecule has 8 nitrogen and oxygen atoms in total. The molecule has 0 amide bonds. The van der Waals surface area contributed by atoms with Gasteiger partial charge in [-0.2, -0.15) is 4.72 Å². The number of H-pyrrole nitrogens is 1. The molecule has 4 N–H and O–H groups in total. The van der Waals surface area contributed by atoms with Crippen molar-refractivity contribution in [3.8, 4) is 0 Å². The quantitative estimate of drug-likeness (QED) is 0.517. The molecule has 1 atom stereocenters. The molecule has 0 aliphatic heterocycles. The van der Waals surface area contributed by atoms with Gasteiger partial charge in [-0.15, -0.1) is 0 Å². The minimum absolute atomic E-state index is 0.120. The number of sulfonamides is 1. The third kappa shape index (κ3) is 3.12. The predicted octanol–water partition coefficient (Wildman–Crippen LogP) is -1.53. The number of aryl methyl sites for hydroxylation is 1. The monoisotopic (exact) mass is 282 g/mol. The van der Waals surface area contributed by atoms with E-state index >= 15 is 0 Å². The van der Waals surface area contributed by atoms with Crippen LogP contribution in [0.2, 0.25) is 0 Å². The lowest BCUT2D eigenvalue weighted by Crippen LogP contribution is -2.43. The predicted molar refractivity (Wildman–Crippen MR) is 58.5 cm³/mol. The van der Waals surface area contributed by atoms with Gasteiger partial charge in [0.1, 0.15) is 6.04 Å². The Bertz CT molecular complexity index is 571. The number of thiazole rings is 1. The number of nitrogens with one attached hydrogen (secondary N) is 2. The third-order valence-electron chi connectivity index (χ3n) is 1.80. The molecule has 10 heteroatoms. The number of aromatic nitrogens is 1. The number of aliphatic hydroxyl groups excluding tert-OH is 1. The highest BCUT2D eigenvalue weighted by molar-refractivity contribution is 7.91. The molecule has 0 saturated heterocycles. The van der Waals surface area contributed by atoms with Gasteiger partial charge < -0.3 is 15.2 Å². The minimum Gasteiger partial charge on any atom is -0.480 e. The average molecular weight is 282 g/mol. The van der Waals surface area contributed by atoms with Gasteiger partial charge in [0.2, 0.25) is 0 Å². The van der Waals surface area contributed by atoms with Gasteiger partial charge in [-0.1, -0.05) is 11.3 Å². The molecule has 17 heavy (non-hydrogen) atoms. The number of hydrogen-bond acceptors (Lipinski definition) is 6. The van der Waals surface area contributed by atoms with E-state index in [4.69, 9.17) is 10.2 Å². The van der Waals surface area contributed by atoms with E-state index in [0.717, 1.165) is 0 Å². The highest BCUT2D eigenvalue weighted by Crippen LogP contribution is 2.15. The van der Waals surface area contributed by atoms with Crippen LogP contribution < -0.4 is 9.60 Å². The molecule has 0 saturated carbocycles. The number of aliphatic hydroxyl groups is 1. The van der Waals surface area contributed by atoms with Crippen molar-refractivity contribution in [2.24, 2.45) is 0 Å². The van der Waals surface area contributed by atoms with Crippen LogP contribution in [-0.4, -0.2) is 42.2 Å². The standard InChI is InChI=1S/C7H10N2O6S2/c1-3-6(16-7(13)8-3)17(14,15)9-4(2-10)5(11)12/h4,9-10H,2H2,1H3,(H,8,13)(H,11,12)/t4-/m1/s1. The van der Waals surface area contributed by atoms with Crippen LogP contribution in [0.1, 0.15) is 5.69 Å². The fraction of sp³-hybridized carbons (Fsp3) is 0.429. The van der Waals surface area contributed by atoms with Gasteiger partial charge in [0.05, 0.1) is 6.61 Å². The largest absolute Gasteiger partial charge is 0.480 e. The number of carboxylic acids is 1. The Hall–Kier alpha value is -1.23. The summed E-state index contributed by atoms with van der Waals surface area (Å²) in [5.74, 6) is -1.50. The Balaban J connectivity index is 3.08. The maximum absolute atomic E-state index is 11.7. The van der Waals surface area contributed by atoms with Crippen molar-refractivity contribution in [2.45, 2.75) is 17.2 Å². The number of aliphatic carboxylic acids is 1. The Morgan fingerprint density at radius 2 is 2.18 bits per heavy atom. The zero-order valence-corrected chi connectivity index (χ0v) is 10.3. The fourth-order valence-corrected chi connectivity index (χ4v) is 3.55. The van der Waals surface area contributed by atoms with E-state index in [0.29, 0.717) is 11.3 Å². The van der Waals surface area contributed by atoms with Crippen LogP contribution in [0.25, 0.3) is 0 Å². The van der Waals surface area contributed by atoms with E-state index in [1.807, 2.05) is 0 Å². The van der Waals surface area contributed by atoms with Gasteiger partial charge in [0.25, 0.3) is 10.0 Å². The summed E-state index contributed by atoms with van der Waals surface area (Å²) in [6.07, 6.45) is 0. The molecule has 0 unspecified atom stereocenters. The van der Waals surface area contributed by atoms with Crippen molar-refractivity contribution in [3.05, 3.63) is 15.4 Å². The summed E-state index contributed by atoms with van der Waals surface area (Å²) in [7, 11) is -4.13. The first-order valence-corrected chi connectivity index (χ1v) is 6.63. The molecular weight excluding hydrogens is 272 g/mol. The van der Waals surface area contributed by atoms with Gasteiger partial charge in [0.15, 0.2) is 4.21 Å². The van der Waals surface area contributed by atoms with Gasteiger partial charge in [0, 0.05) is 5.69 Å². The Morgan fingerprint density at radius 1 is 1.59 bits per heavy atom. The van der Waals surface area contributed by atoms with E-state index in [1.165, 1.54) is 6.92 Å². The zero-order valence-electron chi connectivity index (χ0n) is 8.63. The normalized spacial score (nSPS) is 13.5. The second-order valence-electron chi connectivity index (χ2n) is 3.12. The number of hydrogen-bond donors (Lipinski definition) is 4. The van der Waals surface area contributed by atoms with Crippen LogP contribution in [0.15, 0.2) is 9.00 Å². The average Bonchev–Trinajstić information content (AvgIpc) is 2.54. The van der Waals surface area contributed by atoms with Crippen LogP contribution in [0, 0.1) is 6.92 Å². The van der Waals surface area contributed by atoms with Gasteiger partial charge in [-0.3, -0.25) is 9.59 Å². The summed E-state index contributed by atoms with van der Waals surface area (Å²) in [5, 5.41) is 17.3. The van der Waals surface area contributed by atoms with E-state index in [9.17, 15) is 18.0 Å². The highest BCUT2D eigenvalue weighted by atomic mass is 32.2.